The van der Waals surface area contributed by atoms with Gasteiger partial charge in [-0.25, -0.2) is 0 Å². The van der Waals surface area contributed by atoms with E-state index < -0.39 is 6.10 Å². The SMILES string of the molecule is Cc1c2c(c(CC[C@H]3C[C@H](O)CC(=O)O3)c(C(C)C)c1N(C)Cc1ccccc1)OC(C)(C)C2. The van der Waals surface area contributed by atoms with Gasteiger partial charge < -0.3 is 19.5 Å². The van der Waals surface area contributed by atoms with Crippen molar-refractivity contribution in [3.63, 3.8) is 0 Å². The van der Waals surface area contributed by atoms with Gasteiger partial charge in [-0.15, -0.1) is 0 Å². The quantitative estimate of drug-likeness (QED) is 0.550. The number of aliphatic hydroxyl groups is 1. The normalized spacial score (nSPS) is 21.2. The summed E-state index contributed by atoms with van der Waals surface area (Å²) in [5.74, 6) is 1.02. The Morgan fingerprint density at radius 2 is 1.91 bits per heavy atom. The van der Waals surface area contributed by atoms with Gasteiger partial charge in [0.2, 0.25) is 0 Å². The van der Waals surface area contributed by atoms with Gasteiger partial charge in [0.05, 0.1) is 12.5 Å². The van der Waals surface area contributed by atoms with Crippen LogP contribution in [0.2, 0.25) is 0 Å². The lowest BCUT2D eigenvalue weighted by molar-refractivity contribution is -0.160. The Morgan fingerprint density at radius 3 is 2.56 bits per heavy atom. The van der Waals surface area contributed by atoms with Crippen LogP contribution < -0.4 is 9.64 Å². The Balaban J connectivity index is 1.75. The minimum atomic E-state index is -0.609. The maximum atomic E-state index is 11.9. The lowest BCUT2D eigenvalue weighted by Crippen LogP contribution is -2.33. The number of anilines is 1. The highest BCUT2D eigenvalue weighted by Crippen LogP contribution is 2.48. The predicted octanol–water partition coefficient (Wildman–Crippen LogP) is 5.47. The van der Waals surface area contributed by atoms with Crippen LogP contribution in [0.3, 0.4) is 0 Å². The molecule has 2 aliphatic heterocycles. The number of hydrogen-bond acceptors (Lipinski definition) is 5. The number of carbonyl (C=O) groups is 1. The number of benzene rings is 2. The van der Waals surface area contributed by atoms with Gasteiger partial charge in [0.15, 0.2) is 0 Å². The van der Waals surface area contributed by atoms with E-state index in [1.54, 1.807) is 0 Å². The van der Waals surface area contributed by atoms with Crippen molar-refractivity contribution < 1.29 is 19.4 Å². The molecule has 1 saturated heterocycles. The highest BCUT2D eigenvalue weighted by atomic mass is 16.5. The lowest BCUT2D eigenvalue weighted by atomic mass is 9.84. The molecule has 1 N–H and O–H groups in total. The van der Waals surface area contributed by atoms with Gasteiger partial charge in [-0.1, -0.05) is 44.2 Å². The molecule has 0 saturated carbocycles. The first kappa shape index (κ1) is 24.6. The van der Waals surface area contributed by atoms with Crippen molar-refractivity contribution in [1.82, 2.24) is 0 Å². The van der Waals surface area contributed by atoms with E-state index in [1.165, 1.54) is 33.5 Å². The molecule has 0 bridgehead atoms. The van der Waals surface area contributed by atoms with Crippen LogP contribution in [0.5, 0.6) is 5.75 Å². The van der Waals surface area contributed by atoms with Crippen LogP contribution in [0.25, 0.3) is 0 Å². The number of aliphatic hydroxyl groups excluding tert-OH is 1. The van der Waals surface area contributed by atoms with Crippen molar-refractivity contribution in [3.8, 4) is 5.75 Å². The maximum Gasteiger partial charge on any atom is 0.308 e. The van der Waals surface area contributed by atoms with Crippen molar-refractivity contribution >= 4 is 11.7 Å². The zero-order chi connectivity index (χ0) is 24.6. The van der Waals surface area contributed by atoms with E-state index in [0.29, 0.717) is 18.8 Å². The van der Waals surface area contributed by atoms with E-state index in [4.69, 9.17) is 9.47 Å². The fraction of sp³-hybridized carbons (Fsp3) is 0.552. The van der Waals surface area contributed by atoms with Crippen LogP contribution in [-0.4, -0.2) is 35.9 Å². The van der Waals surface area contributed by atoms with Gasteiger partial charge in [0, 0.05) is 43.2 Å². The summed E-state index contributed by atoms with van der Waals surface area (Å²) in [5.41, 5.74) is 7.45. The second-order valence-corrected chi connectivity index (χ2v) is 11.0. The number of rotatable bonds is 7. The fourth-order valence-corrected chi connectivity index (χ4v) is 5.68. The molecule has 2 aromatic carbocycles. The van der Waals surface area contributed by atoms with E-state index >= 15 is 0 Å². The van der Waals surface area contributed by atoms with Crippen molar-refractivity contribution in [2.75, 3.05) is 11.9 Å². The van der Waals surface area contributed by atoms with E-state index in [1.807, 2.05) is 0 Å². The minimum Gasteiger partial charge on any atom is -0.487 e. The molecule has 4 rings (SSSR count). The van der Waals surface area contributed by atoms with Gasteiger partial charge in [0.25, 0.3) is 0 Å². The van der Waals surface area contributed by atoms with Gasteiger partial charge in [-0.05, 0) is 56.2 Å². The van der Waals surface area contributed by atoms with Crippen LogP contribution in [0.15, 0.2) is 30.3 Å². The van der Waals surface area contributed by atoms with Crippen molar-refractivity contribution in [3.05, 3.63) is 58.1 Å². The summed E-state index contributed by atoms with van der Waals surface area (Å²) in [5, 5.41) is 10.1. The van der Waals surface area contributed by atoms with E-state index in [-0.39, 0.29) is 24.1 Å². The van der Waals surface area contributed by atoms with Crippen LogP contribution in [-0.2, 0) is 28.9 Å². The fourth-order valence-electron chi connectivity index (χ4n) is 5.68. The second-order valence-electron chi connectivity index (χ2n) is 11.0. The molecule has 0 amide bonds. The number of ether oxygens (including phenoxy) is 2. The second kappa shape index (κ2) is 9.61. The lowest BCUT2D eigenvalue weighted by Gasteiger charge is -2.31. The molecule has 2 aromatic rings. The number of carbonyl (C=O) groups excluding carboxylic acids is 1. The summed E-state index contributed by atoms with van der Waals surface area (Å²) in [6.07, 6.45) is 2.05. The standard InChI is InChI=1S/C29H39NO4/c1-18(2)26-23(13-12-22-14-21(31)15-25(32)33-22)28-24(16-29(4,5)34-28)19(3)27(26)30(6)17-20-10-8-7-9-11-20/h7-11,18,21-22,31H,12-17H2,1-6H3/t21-,22-/m0/s1. The van der Waals surface area contributed by atoms with Crippen LogP contribution in [0.4, 0.5) is 5.69 Å². The molecular formula is C29H39NO4. The van der Waals surface area contributed by atoms with Gasteiger partial charge in [-0.2, -0.15) is 0 Å². The third-order valence-corrected chi connectivity index (χ3v) is 7.09. The molecule has 2 heterocycles. The summed E-state index contributed by atoms with van der Waals surface area (Å²) in [6.45, 7) is 11.9. The van der Waals surface area contributed by atoms with Crippen molar-refractivity contribution in [2.45, 2.75) is 97.0 Å². The van der Waals surface area contributed by atoms with Crippen molar-refractivity contribution in [2.24, 2.45) is 0 Å². The third-order valence-electron chi connectivity index (χ3n) is 7.09. The topological polar surface area (TPSA) is 59.0 Å². The molecule has 5 heteroatoms. The molecule has 0 unspecified atom stereocenters. The molecule has 0 aliphatic carbocycles. The molecule has 0 aromatic heterocycles. The first-order valence-electron chi connectivity index (χ1n) is 12.6. The predicted molar refractivity (Wildman–Crippen MR) is 136 cm³/mol. The largest absolute Gasteiger partial charge is 0.487 e. The summed E-state index contributed by atoms with van der Waals surface area (Å²) in [6, 6.07) is 10.6. The highest BCUT2D eigenvalue weighted by molar-refractivity contribution is 5.72. The van der Waals surface area contributed by atoms with Gasteiger partial charge >= 0.3 is 5.97 Å². The Hall–Kier alpha value is -2.53. The molecule has 34 heavy (non-hydrogen) atoms. The molecular weight excluding hydrogens is 426 g/mol. The molecule has 2 atom stereocenters. The number of hydrogen-bond donors (Lipinski definition) is 1. The summed E-state index contributed by atoms with van der Waals surface area (Å²) in [7, 11) is 2.18. The molecule has 1 fully saturated rings. The summed E-state index contributed by atoms with van der Waals surface area (Å²) < 4.78 is 12.1. The minimum absolute atomic E-state index is 0.0966. The summed E-state index contributed by atoms with van der Waals surface area (Å²) >= 11 is 0. The highest BCUT2D eigenvalue weighted by Gasteiger charge is 2.37. The Labute approximate surface area is 204 Å². The molecule has 5 nitrogen and oxygen atoms in total. The third kappa shape index (κ3) is 5.10. The van der Waals surface area contributed by atoms with Crippen molar-refractivity contribution in [1.29, 1.82) is 0 Å². The zero-order valence-corrected chi connectivity index (χ0v) is 21.5. The van der Waals surface area contributed by atoms with E-state index in [9.17, 15) is 9.90 Å². The van der Waals surface area contributed by atoms with Crippen LogP contribution in [0.1, 0.15) is 80.7 Å². The van der Waals surface area contributed by atoms with E-state index in [0.717, 1.165) is 25.1 Å². The number of cyclic esters (lactones) is 1. The average molecular weight is 466 g/mol. The van der Waals surface area contributed by atoms with Gasteiger partial charge in [-0.3, -0.25) is 4.79 Å². The van der Waals surface area contributed by atoms with E-state index in [2.05, 4.69) is 76.9 Å². The molecule has 0 radical (unpaired) electrons. The van der Waals surface area contributed by atoms with Crippen LogP contribution in [0, 0.1) is 6.92 Å². The van der Waals surface area contributed by atoms with Crippen LogP contribution >= 0.6 is 0 Å². The first-order chi connectivity index (χ1) is 16.1. The number of esters is 1. The number of nitrogens with zero attached hydrogens (tertiary/aromatic N) is 1. The Morgan fingerprint density at radius 1 is 1.21 bits per heavy atom. The molecule has 184 valence electrons. The first-order valence-corrected chi connectivity index (χ1v) is 12.6. The zero-order valence-electron chi connectivity index (χ0n) is 21.5. The maximum absolute atomic E-state index is 11.9. The summed E-state index contributed by atoms with van der Waals surface area (Å²) in [4.78, 5) is 14.3. The molecule has 2 aliphatic rings. The Kier molecular flexibility index (Phi) is 6.95. The number of fused-ring (bicyclic) bond motifs is 1. The smallest absolute Gasteiger partial charge is 0.308 e. The van der Waals surface area contributed by atoms with Gasteiger partial charge in [0.1, 0.15) is 17.5 Å². The average Bonchev–Trinajstić information content (AvgIpc) is 3.08. The monoisotopic (exact) mass is 465 g/mol. The molecule has 0 spiro atoms. The Bertz CT molecular complexity index is 1040.